The molecule has 0 aliphatic carbocycles. The van der Waals surface area contributed by atoms with Crippen molar-refractivity contribution in [3.05, 3.63) is 56.8 Å². The summed E-state index contributed by atoms with van der Waals surface area (Å²) in [4.78, 5) is 12.6. The fourth-order valence-corrected chi connectivity index (χ4v) is 3.80. The molecule has 1 aromatic carbocycles. The number of non-ortho nitro benzene ring substituents is 1. The van der Waals surface area contributed by atoms with Gasteiger partial charge in [0.15, 0.2) is 0 Å². The lowest BCUT2D eigenvalue weighted by molar-refractivity contribution is -0.384. The third-order valence-electron chi connectivity index (χ3n) is 4.21. The monoisotopic (exact) mass is 348 g/mol. The first-order valence-corrected chi connectivity index (χ1v) is 8.89. The minimum Gasteiger partial charge on any atom is -0.491 e. The molecule has 1 aliphatic rings. The molecule has 3 rings (SSSR count). The number of hydrogen-bond acceptors (Lipinski definition) is 6. The number of nitrogens with zero attached hydrogens (tertiary/aromatic N) is 2. The lowest BCUT2D eigenvalue weighted by Crippen LogP contribution is -2.35. The number of rotatable bonds is 7. The number of nitro groups is 1. The number of nitro benzene ring substituents is 1. The quantitative estimate of drug-likeness (QED) is 0.614. The Labute approximate surface area is 144 Å². The van der Waals surface area contributed by atoms with E-state index < -0.39 is 11.0 Å². The third-order valence-corrected chi connectivity index (χ3v) is 4.91. The van der Waals surface area contributed by atoms with Crippen LogP contribution in [0.1, 0.15) is 24.4 Å². The molecule has 0 amide bonds. The summed E-state index contributed by atoms with van der Waals surface area (Å²) in [6, 6.07) is 8.52. The Kier molecular flexibility index (Phi) is 5.44. The van der Waals surface area contributed by atoms with E-state index in [2.05, 4.69) is 21.7 Å². The van der Waals surface area contributed by atoms with Crippen molar-refractivity contribution in [3.8, 4) is 5.75 Å². The van der Waals surface area contributed by atoms with Gasteiger partial charge in [-0.1, -0.05) is 6.07 Å². The molecule has 0 bridgehead atoms. The lowest BCUT2D eigenvalue weighted by atomic mass is 10.1. The topological polar surface area (TPSA) is 75.8 Å². The second-order valence-electron chi connectivity index (χ2n) is 5.93. The number of benzene rings is 1. The molecule has 24 heavy (non-hydrogen) atoms. The van der Waals surface area contributed by atoms with Gasteiger partial charge in [-0.05, 0) is 47.8 Å². The third kappa shape index (κ3) is 4.11. The maximum absolute atomic E-state index is 10.8. The van der Waals surface area contributed by atoms with Gasteiger partial charge in [-0.2, -0.15) is 11.3 Å². The average molecular weight is 348 g/mol. The van der Waals surface area contributed by atoms with E-state index in [-0.39, 0.29) is 12.3 Å². The van der Waals surface area contributed by atoms with Gasteiger partial charge in [0.2, 0.25) is 0 Å². The zero-order chi connectivity index (χ0) is 16.9. The first kappa shape index (κ1) is 16.9. The van der Waals surface area contributed by atoms with E-state index in [9.17, 15) is 15.2 Å². The van der Waals surface area contributed by atoms with Crippen LogP contribution in [-0.4, -0.2) is 40.7 Å². The Bertz CT molecular complexity index is 677. The summed E-state index contributed by atoms with van der Waals surface area (Å²) < 4.78 is 5.52. The largest absolute Gasteiger partial charge is 0.491 e. The highest BCUT2D eigenvalue weighted by Gasteiger charge is 2.27. The molecule has 1 saturated heterocycles. The molecule has 1 aliphatic heterocycles. The van der Waals surface area contributed by atoms with E-state index in [0.717, 1.165) is 19.4 Å². The van der Waals surface area contributed by atoms with E-state index in [1.54, 1.807) is 23.5 Å². The van der Waals surface area contributed by atoms with Crippen molar-refractivity contribution in [2.75, 3.05) is 19.7 Å². The van der Waals surface area contributed by atoms with E-state index in [0.29, 0.717) is 18.3 Å². The maximum atomic E-state index is 10.8. The second-order valence-corrected chi connectivity index (χ2v) is 6.71. The summed E-state index contributed by atoms with van der Waals surface area (Å²) in [5.41, 5.74) is 1.29. The Morgan fingerprint density at radius 1 is 1.46 bits per heavy atom. The highest BCUT2D eigenvalue weighted by molar-refractivity contribution is 7.07. The van der Waals surface area contributed by atoms with E-state index in [4.69, 9.17) is 4.74 Å². The number of β-amino-alcohol motifs (C(OH)–C–C–N with tert-alkyl or cyclic N) is 1. The van der Waals surface area contributed by atoms with Crippen LogP contribution < -0.4 is 4.74 Å². The maximum Gasteiger partial charge on any atom is 0.273 e. The lowest BCUT2D eigenvalue weighted by Gasteiger charge is -2.26. The fraction of sp³-hybridized carbons (Fsp3) is 0.412. The summed E-state index contributed by atoms with van der Waals surface area (Å²) in [5, 5.41) is 25.3. The van der Waals surface area contributed by atoms with Crippen molar-refractivity contribution >= 4 is 17.0 Å². The zero-order valence-corrected chi connectivity index (χ0v) is 14.0. The van der Waals surface area contributed by atoms with Gasteiger partial charge in [0.25, 0.3) is 5.69 Å². The first-order valence-electron chi connectivity index (χ1n) is 7.95. The van der Waals surface area contributed by atoms with Crippen LogP contribution in [0.4, 0.5) is 5.69 Å². The summed E-state index contributed by atoms with van der Waals surface area (Å²) >= 11 is 1.69. The van der Waals surface area contributed by atoms with Crippen LogP contribution in [0.5, 0.6) is 5.75 Å². The minimum absolute atomic E-state index is 0.0148. The molecule has 1 N–H and O–H groups in total. The van der Waals surface area contributed by atoms with Crippen molar-refractivity contribution in [1.82, 2.24) is 4.90 Å². The average Bonchev–Trinajstić information content (AvgIpc) is 3.24. The molecular weight excluding hydrogens is 328 g/mol. The van der Waals surface area contributed by atoms with Crippen LogP contribution in [0.3, 0.4) is 0 Å². The van der Waals surface area contributed by atoms with Gasteiger partial charge in [-0.15, -0.1) is 0 Å². The van der Waals surface area contributed by atoms with E-state index >= 15 is 0 Å². The molecule has 0 spiro atoms. The molecule has 2 aromatic rings. The zero-order valence-electron chi connectivity index (χ0n) is 13.2. The van der Waals surface area contributed by atoms with Gasteiger partial charge in [-0.25, -0.2) is 0 Å². The standard InChI is InChI=1S/C17H20N2O4S/c20-15(11-23-16-4-1-3-14(9-16)19(21)22)10-18-7-2-5-17(18)13-6-8-24-12-13/h1,3-4,6,8-9,12,15,17,20H,2,5,7,10-11H2/t15-,17-/m0/s1. The van der Waals surface area contributed by atoms with Gasteiger partial charge in [-0.3, -0.25) is 15.0 Å². The molecule has 0 radical (unpaired) electrons. The molecule has 7 heteroatoms. The smallest absolute Gasteiger partial charge is 0.273 e. The van der Waals surface area contributed by atoms with E-state index in [1.165, 1.54) is 17.7 Å². The van der Waals surface area contributed by atoms with Crippen LogP contribution in [0, 0.1) is 10.1 Å². The first-order chi connectivity index (χ1) is 11.6. The molecule has 6 nitrogen and oxygen atoms in total. The van der Waals surface area contributed by atoms with Crippen LogP contribution in [0.2, 0.25) is 0 Å². The Morgan fingerprint density at radius 3 is 3.08 bits per heavy atom. The molecule has 1 fully saturated rings. The molecule has 2 heterocycles. The minimum atomic E-state index is -0.636. The van der Waals surface area contributed by atoms with Crippen molar-refractivity contribution in [1.29, 1.82) is 0 Å². The summed E-state index contributed by atoms with van der Waals surface area (Å²) in [5.74, 6) is 0.402. The Balaban J connectivity index is 1.53. The fourth-order valence-electron chi connectivity index (χ4n) is 3.09. The molecular formula is C17H20N2O4S. The van der Waals surface area contributed by atoms with Crippen LogP contribution in [0.15, 0.2) is 41.1 Å². The molecule has 2 atom stereocenters. The number of likely N-dealkylation sites (tertiary alicyclic amines) is 1. The molecule has 0 saturated carbocycles. The van der Waals surface area contributed by atoms with Gasteiger partial charge in [0.05, 0.1) is 11.0 Å². The van der Waals surface area contributed by atoms with Gasteiger partial charge in [0, 0.05) is 18.7 Å². The number of ether oxygens (including phenoxy) is 1. The highest BCUT2D eigenvalue weighted by Crippen LogP contribution is 2.33. The predicted octanol–water partition coefficient (Wildman–Crippen LogP) is 3.23. The number of aliphatic hydroxyl groups excluding tert-OH is 1. The van der Waals surface area contributed by atoms with Gasteiger partial charge < -0.3 is 9.84 Å². The predicted molar refractivity (Wildman–Crippen MR) is 92.5 cm³/mol. The summed E-state index contributed by atoms with van der Waals surface area (Å²) in [6.07, 6.45) is 1.59. The van der Waals surface area contributed by atoms with Crippen LogP contribution >= 0.6 is 11.3 Å². The van der Waals surface area contributed by atoms with Crippen molar-refractivity contribution < 1.29 is 14.8 Å². The Hall–Kier alpha value is -1.96. The van der Waals surface area contributed by atoms with Crippen molar-refractivity contribution in [2.24, 2.45) is 0 Å². The molecule has 0 unspecified atom stereocenters. The summed E-state index contributed by atoms with van der Waals surface area (Å²) in [7, 11) is 0. The SMILES string of the molecule is O=[N+]([O-])c1cccc(OC[C@@H](O)CN2CCC[C@H]2c2ccsc2)c1. The number of aliphatic hydroxyl groups is 1. The molecule has 1 aromatic heterocycles. The highest BCUT2D eigenvalue weighted by atomic mass is 32.1. The van der Waals surface area contributed by atoms with Gasteiger partial charge >= 0.3 is 0 Å². The number of hydrogen-bond donors (Lipinski definition) is 1. The summed E-state index contributed by atoms with van der Waals surface area (Å²) in [6.45, 7) is 1.62. The van der Waals surface area contributed by atoms with E-state index in [1.807, 2.05) is 0 Å². The normalized spacial score (nSPS) is 19.3. The Morgan fingerprint density at radius 2 is 2.33 bits per heavy atom. The second kappa shape index (κ2) is 7.74. The molecule has 128 valence electrons. The number of thiophene rings is 1. The van der Waals surface area contributed by atoms with Crippen LogP contribution in [-0.2, 0) is 0 Å². The van der Waals surface area contributed by atoms with Crippen molar-refractivity contribution in [2.45, 2.75) is 25.0 Å². The van der Waals surface area contributed by atoms with Crippen LogP contribution in [0.25, 0.3) is 0 Å². The van der Waals surface area contributed by atoms with Crippen molar-refractivity contribution in [3.63, 3.8) is 0 Å². The van der Waals surface area contributed by atoms with Gasteiger partial charge in [0.1, 0.15) is 18.5 Å².